The quantitative estimate of drug-likeness (QED) is 0.187. The van der Waals surface area contributed by atoms with Gasteiger partial charge in [-0.05, 0) is 0 Å². The molecule has 0 radical (unpaired) electrons. The van der Waals surface area contributed by atoms with E-state index in [9.17, 15) is 0 Å². The van der Waals surface area contributed by atoms with Gasteiger partial charge in [-0.1, -0.05) is 25.7 Å². The van der Waals surface area contributed by atoms with Gasteiger partial charge in [0.05, 0.1) is 0 Å². The average Bonchev–Trinajstić information content (AvgIpc) is 3.84. The molecule has 8 rings (SSSR count). The first kappa shape index (κ1) is 42.6. The zero-order valence-electron chi connectivity index (χ0n) is 27.1. The van der Waals surface area contributed by atoms with Gasteiger partial charge in [-0.2, -0.15) is 0 Å². The predicted molar refractivity (Wildman–Crippen MR) is 187 cm³/mol. The number of hydrogen-bond acceptors (Lipinski definition) is 0. The van der Waals surface area contributed by atoms with Crippen LogP contribution in [0.3, 0.4) is 0 Å². The van der Waals surface area contributed by atoms with Gasteiger partial charge in [-0.3, -0.25) is 0 Å². The van der Waals surface area contributed by atoms with E-state index in [1.807, 2.05) is 48.5 Å². The Kier molecular flexibility index (Phi) is 22.9. The molecule has 0 N–H and O–H groups in total. The van der Waals surface area contributed by atoms with Crippen LogP contribution in [0.25, 0.3) is 24.3 Å². The van der Waals surface area contributed by atoms with Gasteiger partial charge in [-0.15, -0.1) is 190 Å². The van der Waals surface area contributed by atoms with Crippen LogP contribution in [0.5, 0.6) is 0 Å². The van der Waals surface area contributed by atoms with E-state index in [4.69, 9.17) is 0 Å². The number of halogens is 2. The van der Waals surface area contributed by atoms with Crippen LogP contribution in [-0.2, 0) is 72.4 Å². The summed E-state index contributed by atoms with van der Waals surface area (Å²) in [6, 6.07) is 37.2. The molecule has 6 heteroatoms. The van der Waals surface area contributed by atoms with Crippen molar-refractivity contribution in [3.63, 3.8) is 0 Å². The fourth-order valence-corrected chi connectivity index (χ4v) is 4.49. The minimum atomic E-state index is 0. The van der Waals surface area contributed by atoms with Crippen molar-refractivity contribution in [2.45, 2.75) is 51.9 Å². The summed E-state index contributed by atoms with van der Waals surface area (Å²) in [6.45, 7) is 9.23. The molecule has 4 aliphatic rings. The van der Waals surface area contributed by atoms with Gasteiger partial charge in [0.1, 0.15) is 0 Å². The Morgan fingerprint density at radius 3 is 0.804 bits per heavy atom. The molecule has 0 nitrogen and oxygen atoms in total. The third-order valence-corrected chi connectivity index (χ3v) is 6.40. The maximum Gasteiger partial charge on any atom is -0.0528 e. The Morgan fingerprint density at radius 2 is 0.630 bits per heavy atom. The van der Waals surface area contributed by atoms with Crippen LogP contribution < -0.4 is 24.8 Å². The number of allylic oxidation sites excluding steroid dienone is 4. The first-order valence-electron chi connectivity index (χ1n) is 15.0. The summed E-state index contributed by atoms with van der Waals surface area (Å²) in [6.07, 6.45) is 21.5. The van der Waals surface area contributed by atoms with Crippen LogP contribution in [0.1, 0.15) is 44.5 Å². The Balaban J connectivity index is 0.000000282. The molecule has 4 aromatic rings. The van der Waals surface area contributed by atoms with E-state index in [1.165, 1.54) is 44.5 Å². The smallest absolute Gasteiger partial charge is 0.0528 e. The molecule has 0 unspecified atom stereocenters. The summed E-state index contributed by atoms with van der Waals surface area (Å²) < 4.78 is 0. The minimum Gasteiger partial charge on any atom is -1.00 e. The molecule has 0 atom stereocenters. The fourth-order valence-electron chi connectivity index (χ4n) is 4.49. The minimum absolute atomic E-state index is 0. The van der Waals surface area contributed by atoms with Crippen LogP contribution in [0.4, 0.5) is 0 Å². The van der Waals surface area contributed by atoms with Gasteiger partial charge in [0, 0.05) is 0 Å². The standard InChI is InChI=1S/4C9H7.2C2H6Si.2ClH.2Zr/c4*1-2-5-9-7-3-6-8(9)4-1;2*1-3-2;;;;/h4*1-4,7H,6H2;2*1-2H3;2*1H;;/q4*-1;;;;;2*+2/p-2. The van der Waals surface area contributed by atoms with Gasteiger partial charge in [-0.25, -0.2) is 0 Å². The molecule has 0 aromatic heterocycles. The number of benzene rings is 4. The van der Waals surface area contributed by atoms with Crippen molar-refractivity contribution in [1.29, 1.82) is 0 Å². The maximum absolute atomic E-state index is 3.16. The van der Waals surface area contributed by atoms with Gasteiger partial charge in [0.2, 0.25) is 0 Å². The monoisotopic (exact) mass is 826 g/mol. The van der Waals surface area contributed by atoms with E-state index in [2.05, 4.69) is 123 Å². The topological polar surface area (TPSA) is 0 Å². The third-order valence-electron chi connectivity index (χ3n) is 6.40. The molecule has 0 fully saturated rings. The SMILES string of the molecule is C[Si](C)=[Zr+2].C[Si](C)=[Zr+2].[Cl-].[Cl-].[c-]1cccc2c1C=CC2.[c-]1cccc2c1C=CC2.[c-]1cccc2c1C=CC2.[c-]1cccc2c1C=CC2. The molecule has 0 bridgehead atoms. The van der Waals surface area contributed by atoms with Crippen molar-refractivity contribution in [1.82, 2.24) is 0 Å². The van der Waals surface area contributed by atoms with E-state index in [-0.39, 0.29) is 35.7 Å². The normalized spacial score (nSPS) is 12.0. The van der Waals surface area contributed by atoms with E-state index in [0.29, 0.717) is 0 Å². The molecule has 232 valence electrons. The van der Waals surface area contributed by atoms with E-state index in [1.54, 1.807) is 46.7 Å². The first-order valence-corrected chi connectivity index (χ1v) is 27.4. The van der Waals surface area contributed by atoms with Crippen molar-refractivity contribution in [3.8, 4) is 0 Å². The van der Waals surface area contributed by atoms with Gasteiger partial charge >= 0.3 is 83.7 Å². The van der Waals surface area contributed by atoms with Crippen molar-refractivity contribution in [3.05, 3.63) is 166 Å². The Labute approximate surface area is 321 Å². The third kappa shape index (κ3) is 16.6. The van der Waals surface area contributed by atoms with Crippen molar-refractivity contribution < 1.29 is 71.5 Å². The predicted octanol–water partition coefficient (Wildman–Crippen LogP) is 3.80. The van der Waals surface area contributed by atoms with Crippen molar-refractivity contribution in [2.75, 3.05) is 0 Å². The molecular formula is C40H40Cl2Si2Zr2-2. The van der Waals surface area contributed by atoms with Crippen molar-refractivity contribution in [2.24, 2.45) is 0 Å². The summed E-state index contributed by atoms with van der Waals surface area (Å²) in [5.41, 5.74) is 11.1. The molecule has 0 saturated carbocycles. The summed E-state index contributed by atoms with van der Waals surface area (Å²) in [7, 11) is 0. The van der Waals surface area contributed by atoms with Crippen LogP contribution in [-0.4, -0.2) is 10.9 Å². The Morgan fingerprint density at radius 1 is 0.435 bits per heavy atom. The van der Waals surface area contributed by atoms with Crippen LogP contribution in [0, 0.1) is 24.3 Å². The second kappa shape index (κ2) is 24.7. The Hall–Kier alpha value is -1.38. The van der Waals surface area contributed by atoms with Gasteiger partial charge in [0.15, 0.2) is 0 Å². The zero-order chi connectivity index (χ0) is 31.6. The molecule has 0 aliphatic heterocycles. The van der Waals surface area contributed by atoms with Crippen LogP contribution in [0.15, 0.2) is 97.1 Å². The number of rotatable bonds is 0. The summed E-state index contributed by atoms with van der Waals surface area (Å²) in [4.78, 5) is 0. The molecule has 46 heavy (non-hydrogen) atoms. The van der Waals surface area contributed by atoms with Crippen LogP contribution >= 0.6 is 0 Å². The Bertz CT molecular complexity index is 1410. The summed E-state index contributed by atoms with van der Waals surface area (Å²) >= 11 is 3.48. The van der Waals surface area contributed by atoms with E-state index < -0.39 is 0 Å². The van der Waals surface area contributed by atoms with Gasteiger partial charge < -0.3 is 24.8 Å². The summed E-state index contributed by atoms with van der Waals surface area (Å²) in [5.74, 6) is 0. The first-order chi connectivity index (χ1) is 21.3. The average molecular weight is 830 g/mol. The summed E-state index contributed by atoms with van der Waals surface area (Å²) in [5, 5.41) is 0. The molecule has 0 saturated heterocycles. The molecule has 0 spiro atoms. The van der Waals surface area contributed by atoms with Crippen LogP contribution in [0.2, 0.25) is 26.2 Å². The fraction of sp³-hybridized carbons (Fsp3) is 0.200. The van der Waals surface area contributed by atoms with Gasteiger partial charge in [0.25, 0.3) is 0 Å². The van der Waals surface area contributed by atoms with Crippen molar-refractivity contribution >= 4 is 35.2 Å². The van der Waals surface area contributed by atoms with E-state index >= 15 is 0 Å². The number of fused-ring (bicyclic) bond motifs is 4. The second-order valence-corrected chi connectivity index (χ2v) is 29.6. The molecule has 4 aromatic carbocycles. The number of hydrogen-bond donors (Lipinski definition) is 0. The zero-order valence-corrected chi connectivity index (χ0v) is 35.6. The largest absolute Gasteiger partial charge is 1.00 e. The molecule has 0 amide bonds. The van der Waals surface area contributed by atoms with E-state index in [0.717, 1.165) is 25.7 Å². The second-order valence-electron chi connectivity index (χ2n) is 10.9. The maximum atomic E-state index is 3.16. The molecular weight excluding hydrogens is 790 g/mol. The molecule has 0 heterocycles. The molecule has 4 aliphatic carbocycles.